The van der Waals surface area contributed by atoms with E-state index in [-0.39, 0.29) is 17.9 Å². The van der Waals surface area contributed by atoms with Gasteiger partial charge in [0.25, 0.3) is 5.91 Å². The van der Waals surface area contributed by atoms with E-state index in [1.807, 2.05) is 64.8 Å². The standard InChI is InChI=1S/C22H22N8O/c1-14-10-24-21(31)18-9-16-7-8-19(27-20(16)30(14)18)28-22(23)26-17-11-25-29(13-17)12-15-5-3-2-4-6-15/h2-9,11,13-14H,10,12H2,1H3,(H,24,31)(H3,23,26,27,28)/t14-/m1/s1. The van der Waals surface area contributed by atoms with Crippen molar-refractivity contribution in [1.29, 1.82) is 5.41 Å². The molecule has 0 saturated carbocycles. The van der Waals surface area contributed by atoms with E-state index in [0.29, 0.717) is 30.3 Å². The number of hydrogen-bond acceptors (Lipinski definition) is 4. The molecule has 31 heavy (non-hydrogen) atoms. The highest BCUT2D eigenvalue weighted by Gasteiger charge is 2.25. The monoisotopic (exact) mass is 414 g/mol. The topological polar surface area (TPSA) is 113 Å². The Balaban J connectivity index is 1.30. The van der Waals surface area contributed by atoms with Crippen molar-refractivity contribution >= 4 is 34.4 Å². The van der Waals surface area contributed by atoms with Crippen LogP contribution in [0.2, 0.25) is 0 Å². The summed E-state index contributed by atoms with van der Waals surface area (Å²) in [6.07, 6.45) is 3.53. The number of nitrogens with zero attached hydrogens (tertiary/aromatic N) is 4. The predicted molar refractivity (Wildman–Crippen MR) is 120 cm³/mol. The molecule has 1 amide bonds. The zero-order chi connectivity index (χ0) is 21.4. The largest absolute Gasteiger partial charge is 0.349 e. The molecular weight excluding hydrogens is 392 g/mol. The van der Waals surface area contributed by atoms with Crippen molar-refractivity contribution in [2.75, 3.05) is 17.2 Å². The van der Waals surface area contributed by atoms with Crippen LogP contribution in [0.25, 0.3) is 11.0 Å². The lowest BCUT2D eigenvalue weighted by atomic mass is 10.2. The Bertz CT molecular complexity index is 1270. The molecule has 4 N–H and O–H groups in total. The highest BCUT2D eigenvalue weighted by Crippen LogP contribution is 2.26. The number of carbonyl (C=O) groups excluding carboxylic acids is 1. The first-order valence-corrected chi connectivity index (χ1v) is 10.1. The number of pyridine rings is 1. The van der Waals surface area contributed by atoms with Crippen LogP contribution in [0, 0.1) is 5.41 Å². The van der Waals surface area contributed by atoms with Crippen molar-refractivity contribution in [3.63, 3.8) is 0 Å². The lowest BCUT2D eigenvalue weighted by Crippen LogP contribution is -2.37. The number of guanidine groups is 1. The molecule has 0 saturated heterocycles. The van der Waals surface area contributed by atoms with Crippen LogP contribution in [0.1, 0.15) is 29.0 Å². The Hall–Kier alpha value is -4.14. The van der Waals surface area contributed by atoms with E-state index in [0.717, 1.165) is 16.6 Å². The van der Waals surface area contributed by atoms with E-state index < -0.39 is 0 Å². The summed E-state index contributed by atoms with van der Waals surface area (Å²) in [7, 11) is 0. The van der Waals surface area contributed by atoms with Crippen LogP contribution >= 0.6 is 0 Å². The third-order valence-electron chi connectivity index (χ3n) is 5.26. The number of benzene rings is 1. The van der Waals surface area contributed by atoms with E-state index in [1.54, 1.807) is 12.3 Å². The fraction of sp³-hybridized carbons (Fsp3) is 0.182. The normalized spacial score (nSPS) is 15.4. The first kappa shape index (κ1) is 18.9. The number of anilines is 2. The number of nitrogens with one attached hydrogen (secondary N) is 4. The summed E-state index contributed by atoms with van der Waals surface area (Å²) < 4.78 is 3.76. The zero-order valence-electron chi connectivity index (χ0n) is 17.0. The van der Waals surface area contributed by atoms with Crippen LogP contribution in [0.15, 0.2) is 60.9 Å². The van der Waals surface area contributed by atoms with Crippen LogP contribution in [0.5, 0.6) is 0 Å². The quantitative estimate of drug-likeness (QED) is 0.303. The van der Waals surface area contributed by atoms with Crippen molar-refractivity contribution in [3.05, 3.63) is 72.2 Å². The Labute approximate surface area is 178 Å². The summed E-state index contributed by atoms with van der Waals surface area (Å²) in [6, 6.07) is 15.7. The number of fused-ring (bicyclic) bond motifs is 3. The molecule has 9 heteroatoms. The van der Waals surface area contributed by atoms with Crippen LogP contribution in [-0.4, -0.2) is 37.7 Å². The minimum Gasteiger partial charge on any atom is -0.349 e. The first-order chi connectivity index (χ1) is 15.1. The highest BCUT2D eigenvalue weighted by molar-refractivity contribution is 6.02. The molecule has 3 aromatic heterocycles. The van der Waals surface area contributed by atoms with Gasteiger partial charge in [-0.2, -0.15) is 5.10 Å². The van der Waals surface area contributed by atoms with Crippen molar-refractivity contribution in [1.82, 2.24) is 24.6 Å². The zero-order valence-corrected chi connectivity index (χ0v) is 17.0. The average Bonchev–Trinajstić information content (AvgIpc) is 3.36. The molecule has 1 aromatic carbocycles. The van der Waals surface area contributed by atoms with Gasteiger partial charge in [-0.05, 0) is 30.7 Å². The van der Waals surface area contributed by atoms with Gasteiger partial charge in [-0.1, -0.05) is 30.3 Å². The molecular formula is C22H22N8O. The molecule has 0 aliphatic carbocycles. The third-order valence-corrected chi connectivity index (χ3v) is 5.26. The minimum absolute atomic E-state index is 0.0855. The molecule has 5 rings (SSSR count). The first-order valence-electron chi connectivity index (χ1n) is 10.1. The summed E-state index contributed by atoms with van der Waals surface area (Å²) in [4.78, 5) is 16.8. The highest BCUT2D eigenvalue weighted by atomic mass is 16.2. The van der Waals surface area contributed by atoms with Gasteiger partial charge < -0.3 is 20.5 Å². The predicted octanol–water partition coefficient (Wildman–Crippen LogP) is 3.04. The molecule has 0 unspecified atom stereocenters. The Morgan fingerprint density at radius 2 is 2.06 bits per heavy atom. The van der Waals surface area contributed by atoms with Crippen molar-refractivity contribution in [3.8, 4) is 0 Å². The molecule has 1 aliphatic rings. The number of aromatic nitrogens is 4. The summed E-state index contributed by atoms with van der Waals surface area (Å²) in [6.45, 7) is 3.27. The molecule has 0 radical (unpaired) electrons. The van der Waals surface area contributed by atoms with Crippen LogP contribution in [0.3, 0.4) is 0 Å². The second-order valence-electron chi connectivity index (χ2n) is 7.61. The Morgan fingerprint density at radius 1 is 1.23 bits per heavy atom. The van der Waals surface area contributed by atoms with Gasteiger partial charge in [0.2, 0.25) is 0 Å². The van der Waals surface area contributed by atoms with E-state index in [1.165, 1.54) is 0 Å². The van der Waals surface area contributed by atoms with Crippen LogP contribution < -0.4 is 16.0 Å². The second kappa shape index (κ2) is 7.60. The van der Waals surface area contributed by atoms with E-state index in [9.17, 15) is 4.79 Å². The lowest BCUT2D eigenvalue weighted by molar-refractivity contribution is 0.0919. The molecule has 156 valence electrons. The number of hydrogen-bond donors (Lipinski definition) is 4. The fourth-order valence-corrected chi connectivity index (χ4v) is 3.80. The third kappa shape index (κ3) is 3.73. The van der Waals surface area contributed by atoms with Gasteiger partial charge in [-0.25, -0.2) is 4.98 Å². The molecule has 4 heterocycles. The molecule has 4 aromatic rings. The minimum atomic E-state index is -0.0902. The fourth-order valence-electron chi connectivity index (χ4n) is 3.80. The maximum Gasteiger partial charge on any atom is 0.268 e. The van der Waals surface area contributed by atoms with Gasteiger partial charge in [0.15, 0.2) is 5.96 Å². The SMILES string of the molecule is C[C@@H]1CNC(=O)c2cc3ccc(NC(=N)Nc4cnn(Cc5ccccc5)c4)nc3n21. The van der Waals surface area contributed by atoms with Gasteiger partial charge in [-0.3, -0.25) is 14.9 Å². The number of amides is 1. The van der Waals surface area contributed by atoms with Crippen molar-refractivity contribution in [2.24, 2.45) is 0 Å². The van der Waals surface area contributed by atoms with Gasteiger partial charge in [0.05, 0.1) is 24.5 Å². The van der Waals surface area contributed by atoms with Crippen LogP contribution in [0.4, 0.5) is 11.5 Å². The smallest absolute Gasteiger partial charge is 0.268 e. The van der Waals surface area contributed by atoms with Gasteiger partial charge in [0, 0.05) is 18.1 Å². The molecule has 9 nitrogen and oxygen atoms in total. The molecule has 0 spiro atoms. The van der Waals surface area contributed by atoms with E-state index in [2.05, 4.69) is 26.0 Å². The summed E-state index contributed by atoms with van der Waals surface area (Å²) in [5, 5.41) is 22.3. The maximum atomic E-state index is 12.2. The molecule has 1 atom stereocenters. The average molecular weight is 414 g/mol. The van der Waals surface area contributed by atoms with Crippen LogP contribution in [-0.2, 0) is 6.54 Å². The molecule has 0 fully saturated rings. The van der Waals surface area contributed by atoms with Crippen molar-refractivity contribution < 1.29 is 4.79 Å². The second-order valence-corrected chi connectivity index (χ2v) is 7.61. The van der Waals surface area contributed by atoms with E-state index in [4.69, 9.17) is 5.41 Å². The summed E-state index contributed by atoms with van der Waals surface area (Å²) in [5.74, 6) is 0.524. The van der Waals surface area contributed by atoms with Gasteiger partial charge >= 0.3 is 0 Å². The maximum absolute atomic E-state index is 12.2. The Morgan fingerprint density at radius 3 is 2.90 bits per heavy atom. The van der Waals surface area contributed by atoms with E-state index >= 15 is 0 Å². The number of rotatable bonds is 4. The summed E-state index contributed by atoms with van der Waals surface area (Å²) in [5.41, 5.74) is 3.20. The summed E-state index contributed by atoms with van der Waals surface area (Å²) >= 11 is 0. The molecule has 1 aliphatic heterocycles. The molecule has 0 bridgehead atoms. The van der Waals surface area contributed by atoms with Crippen molar-refractivity contribution in [2.45, 2.75) is 19.5 Å². The van der Waals surface area contributed by atoms with Gasteiger partial charge in [-0.15, -0.1) is 0 Å². The lowest BCUT2D eigenvalue weighted by Gasteiger charge is -2.23. The Kier molecular flexibility index (Phi) is 4.62. The van der Waals surface area contributed by atoms with Gasteiger partial charge in [0.1, 0.15) is 17.2 Å². The number of carbonyl (C=O) groups is 1.